The summed E-state index contributed by atoms with van der Waals surface area (Å²) < 4.78 is 6.06. The number of hydrogen-bond acceptors (Lipinski definition) is 1. The van der Waals surface area contributed by atoms with Crippen LogP contribution in [-0.4, -0.2) is 8.07 Å². The molecule has 0 fully saturated rings. The van der Waals surface area contributed by atoms with E-state index >= 15 is 0 Å². The Morgan fingerprint density at radius 1 is 1.20 bits per heavy atom. The second-order valence-corrected chi connectivity index (χ2v) is 10.7. The van der Waals surface area contributed by atoms with Crippen molar-refractivity contribution in [3.63, 3.8) is 0 Å². The van der Waals surface area contributed by atoms with Gasteiger partial charge in [0, 0.05) is 12.8 Å². The predicted octanol–water partition coefficient (Wildman–Crippen LogP) is 3.27. The third-order valence-electron chi connectivity index (χ3n) is 3.22. The van der Waals surface area contributed by atoms with Crippen molar-refractivity contribution in [3.8, 4) is 0 Å². The molecule has 0 saturated heterocycles. The zero-order valence-corrected chi connectivity index (χ0v) is 11.4. The fraction of sp³-hybridized carbons (Fsp3) is 0.692. The largest absolute Gasteiger partial charge is 0.466 e. The summed E-state index contributed by atoms with van der Waals surface area (Å²) >= 11 is 0. The van der Waals surface area contributed by atoms with E-state index in [1.807, 2.05) is 0 Å². The minimum Gasteiger partial charge on any atom is -0.466 e. The number of rotatable bonds is 3. The van der Waals surface area contributed by atoms with Crippen molar-refractivity contribution in [2.24, 2.45) is 0 Å². The molecular weight excluding hydrogens is 200 g/mol. The van der Waals surface area contributed by atoms with Crippen molar-refractivity contribution in [2.45, 2.75) is 58.7 Å². The van der Waals surface area contributed by atoms with Crippen LogP contribution in [0.5, 0.6) is 0 Å². The van der Waals surface area contributed by atoms with Crippen LogP contribution in [0.25, 0.3) is 0 Å². The maximum atomic E-state index is 6.06. The first-order chi connectivity index (χ1) is 7.04. The van der Waals surface area contributed by atoms with E-state index in [9.17, 15) is 0 Å². The zero-order chi connectivity index (χ0) is 11.1. The molecule has 1 aromatic rings. The Labute approximate surface area is 93.9 Å². The standard InChI is InChI=1S/C13H22OSi/c1-5-7-12-13(15(2,3)4)10-8-6-9-11(10)14-12/h5-9H2,1-4H3. The van der Waals surface area contributed by atoms with Crippen LogP contribution in [0.1, 0.15) is 36.8 Å². The van der Waals surface area contributed by atoms with Gasteiger partial charge >= 0.3 is 0 Å². The lowest BCUT2D eigenvalue weighted by atomic mass is 10.2. The minimum absolute atomic E-state index is 1.13. The molecule has 1 nitrogen and oxygen atoms in total. The van der Waals surface area contributed by atoms with Gasteiger partial charge in [-0.05, 0) is 30.0 Å². The zero-order valence-electron chi connectivity index (χ0n) is 10.4. The van der Waals surface area contributed by atoms with Crippen LogP contribution < -0.4 is 5.19 Å². The van der Waals surface area contributed by atoms with Crippen molar-refractivity contribution >= 4 is 13.3 Å². The molecule has 0 saturated carbocycles. The molecule has 0 N–H and O–H groups in total. The molecule has 0 amide bonds. The van der Waals surface area contributed by atoms with Crippen LogP contribution in [0.2, 0.25) is 19.6 Å². The van der Waals surface area contributed by atoms with E-state index in [2.05, 4.69) is 26.6 Å². The SMILES string of the molecule is CCCc1oc2c(c1[Si](C)(C)C)CCC2. The van der Waals surface area contributed by atoms with Crippen molar-refractivity contribution in [1.29, 1.82) is 0 Å². The molecule has 1 aliphatic rings. The van der Waals surface area contributed by atoms with Gasteiger partial charge in [0.15, 0.2) is 0 Å². The van der Waals surface area contributed by atoms with Crippen molar-refractivity contribution < 1.29 is 4.42 Å². The first kappa shape index (κ1) is 11.0. The van der Waals surface area contributed by atoms with E-state index < -0.39 is 8.07 Å². The maximum absolute atomic E-state index is 6.06. The Morgan fingerprint density at radius 3 is 2.53 bits per heavy atom. The predicted molar refractivity (Wildman–Crippen MR) is 67.7 cm³/mol. The summed E-state index contributed by atoms with van der Waals surface area (Å²) in [5.74, 6) is 2.64. The first-order valence-electron chi connectivity index (χ1n) is 6.18. The van der Waals surface area contributed by atoms with Gasteiger partial charge in [-0.2, -0.15) is 0 Å². The number of aryl methyl sites for hydroxylation is 2. The van der Waals surface area contributed by atoms with Gasteiger partial charge in [-0.25, -0.2) is 0 Å². The Bertz CT molecular complexity index is 357. The average Bonchev–Trinajstić information content (AvgIpc) is 2.60. The summed E-state index contributed by atoms with van der Waals surface area (Å²) in [5.41, 5.74) is 1.60. The van der Waals surface area contributed by atoms with Gasteiger partial charge in [0.05, 0.1) is 8.07 Å². The molecule has 0 spiro atoms. The second-order valence-electron chi connectivity index (χ2n) is 5.66. The van der Waals surface area contributed by atoms with E-state index in [1.165, 1.54) is 37.2 Å². The van der Waals surface area contributed by atoms with Gasteiger partial charge in [0.25, 0.3) is 0 Å². The van der Waals surface area contributed by atoms with Crippen LogP contribution in [0, 0.1) is 0 Å². The molecule has 2 rings (SSSR count). The van der Waals surface area contributed by atoms with Crippen LogP contribution in [0.3, 0.4) is 0 Å². The normalized spacial score (nSPS) is 15.7. The van der Waals surface area contributed by atoms with Crippen LogP contribution >= 0.6 is 0 Å². The molecule has 0 unspecified atom stereocenters. The van der Waals surface area contributed by atoms with Gasteiger partial charge in [0.1, 0.15) is 11.5 Å². The fourth-order valence-electron chi connectivity index (χ4n) is 2.74. The van der Waals surface area contributed by atoms with E-state index in [-0.39, 0.29) is 0 Å². The fourth-order valence-corrected chi connectivity index (χ4v) is 4.92. The summed E-state index contributed by atoms with van der Waals surface area (Å²) in [4.78, 5) is 0. The van der Waals surface area contributed by atoms with Gasteiger partial charge in [-0.15, -0.1) is 0 Å². The van der Waals surface area contributed by atoms with Crippen LogP contribution in [-0.2, 0) is 19.3 Å². The molecule has 1 aromatic heterocycles. The number of furan rings is 1. The molecule has 0 atom stereocenters. The minimum atomic E-state index is -1.21. The molecule has 84 valence electrons. The van der Waals surface area contributed by atoms with E-state index in [1.54, 1.807) is 10.8 Å². The van der Waals surface area contributed by atoms with Crippen molar-refractivity contribution in [1.82, 2.24) is 0 Å². The molecule has 0 aromatic carbocycles. The Kier molecular flexibility index (Phi) is 2.80. The molecule has 0 bridgehead atoms. The monoisotopic (exact) mass is 222 g/mol. The molecule has 1 aliphatic carbocycles. The topological polar surface area (TPSA) is 13.1 Å². The Hall–Kier alpha value is -0.503. The van der Waals surface area contributed by atoms with Gasteiger partial charge in [-0.1, -0.05) is 26.6 Å². The average molecular weight is 222 g/mol. The molecule has 15 heavy (non-hydrogen) atoms. The Morgan fingerprint density at radius 2 is 1.93 bits per heavy atom. The highest BCUT2D eigenvalue weighted by atomic mass is 28.3. The van der Waals surface area contributed by atoms with E-state index in [0.717, 1.165) is 6.42 Å². The summed E-state index contributed by atoms with van der Waals surface area (Å²) in [6.45, 7) is 9.56. The number of hydrogen-bond donors (Lipinski definition) is 0. The summed E-state index contributed by atoms with van der Waals surface area (Å²) in [5, 5.41) is 1.65. The first-order valence-corrected chi connectivity index (χ1v) is 9.68. The third-order valence-corrected chi connectivity index (χ3v) is 5.30. The molecular formula is C13H22OSi. The summed E-state index contributed by atoms with van der Waals surface area (Å²) in [7, 11) is -1.21. The molecule has 0 aliphatic heterocycles. The lowest BCUT2D eigenvalue weighted by Gasteiger charge is -2.18. The lowest BCUT2D eigenvalue weighted by molar-refractivity contribution is 0.468. The molecule has 0 radical (unpaired) electrons. The summed E-state index contributed by atoms with van der Waals surface area (Å²) in [6, 6.07) is 0. The summed E-state index contributed by atoms with van der Waals surface area (Å²) in [6.07, 6.45) is 6.08. The third kappa shape index (κ3) is 1.92. The van der Waals surface area contributed by atoms with Gasteiger partial charge in [-0.3, -0.25) is 0 Å². The van der Waals surface area contributed by atoms with Crippen molar-refractivity contribution in [2.75, 3.05) is 0 Å². The Balaban J connectivity index is 2.48. The number of fused-ring (bicyclic) bond motifs is 1. The smallest absolute Gasteiger partial charge is 0.107 e. The quantitative estimate of drug-likeness (QED) is 0.715. The van der Waals surface area contributed by atoms with Crippen LogP contribution in [0.4, 0.5) is 0 Å². The highest BCUT2D eigenvalue weighted by Crippen LogP contribution is 2.27. The van der Waals surface area contributed by atoms with E-state index in [4.69, 9.17) is 4.42 Å². The van der Waals surface area contributed by atoms with Crippen LogP contribution in [0.15, 0.2) is 4.42 Å². The second kappa shape index (κ2) is 3.82. The lowest BCUT2D eigenvalue weighted by Crippen LogP contribution is -2.41. The van der Waals surface area contributed by atoms with Crippen molar-refractivity contribution in [3.05, 3.63) is 17.1 Å². The highest BCUT2D eigenvalue weighted by molar-refractivity contribution is 6.89. The molecule has 2 heteroatoms. The molecule has 1 heterocycles. The van der Waals surface area contributed by atoms with Gasteiger partial charge < -0.3 is 4.42 Å². The van der Waals surface area contributed by atoms with E-state index in [0.29, 0.717) is 0 Å². The highest BCUT2D eigenvalue weighted by Gasteiger charge is 2.31. The van der Waals surface area contributed by atoms with Gasteiger partial charge in [0.2, 0.25) is 0 Å². The maximum Gasteiger partial charge on any atom is 0.107 e.